The summed E-state index contributed by atoms with van der Waals surface area (Å²) < 4.78 is 26.1. The normalized spacial score (nSPS) is 10.1. The molecule has 88 valence electrons. The lowest BCUT2D eigenvalue weighted by Crippen LogP contribution is -2.01. The van der Waals surface area contributed by atoms with Gasteiger partial charge in [0.2, 0.25) is 5.95 Å². The molecule has 0 saturated heterocycles. The molecule has 0 saturated carbocycles. The Hall–Kier alpha value is -2.24. The molecule has 0 unspecified atom stereocenters. The summed E-state index contributed by atoms with van der Waals surface area (Å²) in [7, 11) is 1.68. The van der Waals surface area contributed by atoms with Crippen molar-refractivity contribution in [1.29, 1.82) is 0 Å². The second-order valence-corrected chi connectivity index (χ2v) is 3.26. The first kappa shape index (κ1) is 11.3. The molecule has 4 nitrogen and oxygen atoms in total. The quantitative estimate of drug-likeness (QED) is 0.859. The van der Waals surface area contributed by atoms with Gasteiger partial charge in [-0.15, -0.1) is 0 Å². The minimum absolute atomic E-state index is 0.159. The summed E-state index contributed by atoms with van der Waals surface area (Å²) in [4.78, 5) is 7.98. The van der Waals surface area contributed by atoms with Gasteiger partial charge in [-0.25, -0.2) is 13.8 Å². The van der Waals surface area contributed by atoms with E-state index in [-0.39, 0.29) is 5.69 Å². The van der Waals surface area contributed by atoms with Crippen molar-refractivity contribution in [2.45, 2.75) is 0 Å². The van der Waals surface area contributed by atoms with Gasteiger partial charge in [0, 0.05) is 19.3 Å². The van der Waals surface area contributed by atoms with Crippen LogP contribution in [0, 0.1) is 11.6 Å². The van der Waals surface area contributed by atoms with Crippen LogP contribution >= 0.6 is 0 Å². The van der Waals surface area contributed by atoms with Gasteiger partial charge in [0.25, 0.3) is 0 Å². The molecule has 0 bridgehead atoms. The summed E-state index contributed by atoms with van der Waals surface area (Å²) >= 11 is 0. The third-order valence-electron chi connectivity index (χ3n) is 2.07. The van der Waals surface area contributed by atoms with Crippen LogP contribution in [0.3, 0.4) is 0 Å². The predicted molar refractivity (Wildman–Crippen MR) is 61.2 cm³/mol. The second kappa shape index (κ2) is 4.73. The molecule has 2 aromatic rings. The number of hydrogen-bond acceptors (Lipinski definition) is 4. The Kier molecular flexibility index (Phi) is 3.13. The van der Waals surface area contributed by atoms with E-state index in [9.17, 15) is 8.78 Å². The van der Waals surface area contributed by atoms with E-state index < -0.39 is 11.6 Å². The maximum atomic E-state index is 13.4. The van der Waals surface area contributed by atoms with Gasteiger partial charge in [0.05, 0.1) is 5.69 Å². The maximum Gasteiger partial charge on any atom is 0.224 e. The van der Waals surface area contributed by atoms with Crippen LogP contribution in [0.15, 0.2) is 30.5 Å². The average Bonchev–Trinajstić information content (AvgIpc) is 2.33. The third-order valence-corrected chi connectivity index (χ3v) is 2.07. The van der Waals surface area contributed by atoms with E-state index in [1.54, 1.807) is 13.1 Å². The molecule has 1 aromatic heterocycles. The summed E-state index contributed by atoms with van der Waals surface area (Å²) in [6.07, 6.45) is 1.53. The average molecular weight is 236 g/mol. The monoisotopic (exact) mass is 236 g/mol. The second-order valence-electron chi connectivity index (χ2n) is 3.26. The number of anilines is 3. The molecule has 0 radical (unpaired) electrons. The zero-order chi connectivity index (χ0) is 12.3. The Morgan fingerprint density at radius 1 is 1.18 bits per heavy atom. The van der Waals surface area contributed by atoms with Crippen molar-refractivity contribution in [3.63, 3.8) is 0 Å². The van der Waals surface area contributed by atoms with Crippen LogP contribution in [0.25, 0.3) is 0 Å². The fourth-order valence-electron chi connectivity index (χ4n) is 1.28. The van der Waals surface area contributed by atoms with Crippen molar-refractivity contribution in [1.82, 2.24) is 9.97 Å². The highest BCUT2D eigenvalue weighted by Gasteiger charge is 2.05. The minimum atomic E-state index is -0.672. The molecule has 2 N–H and O–H groups in total. The lowest BCUT2D eigenvalue weighted by molar-refractivity contribution is 0.586. The van der Waals surface area contributed by atoms with Crippen LogP contribution in [0.4, 0.5) is 26.2 Å². The molecule has 0 aliphatic heterocycles. The summed E-state index contributed by atoms with van der Waals surface area (Å²) in [6.45, 7) is 0. The molecule has 0 amide bonds. The molecule has 17 heavy (non-hydrogen) atoms. The molecule has 1 aromatic carbocycles. The minimum Gasteiger partial charge on any atom is -0.357 e. The molecule has 0 fully saturated rings. The highest BCUT2D eigenvalue weighted by atomic mass is 19.1. The van der Waals surface area contributed by atoms with Gasteiger partial charge in [-0.3, -0.25) is 0 Å². The molecule has 2 rings (SSSR count). The summed E-state index contributed by atoms with van der Waals surface area (Å²) in [5.41, 5.74) is 0.159. The summed E-state index contributed by atoms with van der Waals surface area (Å²) in [6, 6.07) is 4.88. The number of nitrogens with zero attached hydrogens (tertiary/aromatic N) is 2. The van der Waals surface area contributed by atoms with Gasteiger partial charge in [-0.05, 0) is 18.2 Å². The lowest BCUT2D eigenvalue weighted by Gasteiger charge is -2.07. The Balaban J connectivity index is 2.25. The first-order chi connectivity index (χ1) is 8.19. The van der Waals surface area contributed by atoms with E-state index in [1.165, 1.54) is 18.3 Å². The summed E-state index contributed by atoms with van der Waals surface area (Å²) in [5.74, 6) is -0.450. The molecule has 0 atom stereocenters. The molecule has 1 heterocycles. The van der Waals surface area contributed by atoms with E-state index in [4.69, 9.17) is 0 Å². The molecule has 0 aliphatic carbocycles. The predicted octanol–water partition coefficient (Wildman–Crippen LogP) is 2.54. The van der Waals surface area contributed by atoms with Gasteiger partial charge in [-0.2, -0.15) is 4.98 Å². The first-order valence-electron chi connectivity index (χ1n) is 4.92. The van der Waals surface area contributed by atoms with Gasteiger partial charge in [0.15, 0.2) is 0 Å². The van der Waals surface area contributed by atoms with E-state index in [0.29, 0.717) is 11.8 Å². The maximum absolute atomic E-state index is 13.4. The lowest BCUT2D eigenvalue weighted by atomic mass is 10.3. The molecule has 0 aliphatic rings. The van der Waals surface area contributed by atoms with Crippen LogP contribution in [-0.4, -0.2) is 17.0 Å². The van der Waals surface area contributed by atoms with Crippen LogP contribution in [0.1, 0.15) is 0 Å². The smallest absolute Gasteiger partial charge is 0.224 e. The molecule has 6 heteroatoms. The van der Waals surface area contributed by atoms with Crippen molar-refractivity contribution in [2.24, 2.45) is 0 Å². The zero-order valence-electron chi connectivity index (χ0n) is 9.04. The highest BCUT2D eigenvalue weighted by molar-refractivity contribution is 5.57. The van der Waals surface area contributed by atoms with Crippen molar-refractivity contribution in [2.75, 3.05) is 17.7 Å². The van der Waals surface area contributed by atoms with Crippen molar-refractivity contribution in [3.8, 4) is 0 Å². The van der Waals surface area contributed by atoms with Gasteiger partial charge in [-0.1, -0.05) is 0 Å². The number of hydrogen-bond donors (Lipinski definition) is 2. The van der Waals surface area contributed by atoms with Gasteiger partial charge >= 0.3 is 0 Å². The van der Waals surface area contributed by atoms with Crippen LogP contribution in [0.5, 0.6) is 0 Å². The molecular weight excluding hydrogens is 226 g/mol. The van der Waals surface area contributed by atoms with E-state index in [0.717, 1.165) is 6.07 Å². The van der Waals surface area contributed by atoms with Gasteiger partial charge < -0.3 is 10.6 Å². The third kappa shape index (κ3) is 2.66. The number of benzene rings is 1. The van der Waals surface area contributed by atoms with Gasteiger partial charge in [0.1, 0.15) is 17.5 Å². The van der Waals surface area contributed by atoms with Crippen LogP contribution in [-0.2, 0) is 0 Å². The molecular formula is C11H10F2N4. The van der Waals surface area contributed by atoms with Crippen molar-refractivity contribution in [3.05, 3.63) is 42.1 Å². The Bertz CT molecular complexity index is 531. The van der Waals surface area contributed by atoms with E-state index in [2.05, 4.69) is 20.6 Å². The van der Waals surface area contributed by atoms with Crippen molar-refractivity contribution >= 4 is 17.5 Å². The summed E-state index contributed by atoms with van der Waals surface area (Å²) in [5, 5.41) is 5.50. The van der Waals surface area contributed by atoms with Crippen molar-refractivity contribution < 1.29 is 8.78 Å². The largest absolute Gasteiger partial charge is 0.357 e. The number of aromatic nitrogens is 2. The van der Waals surface area contributed by atoms with Crippen LogP contribution < -0.4 is 10.6 Å². The van der Waals surface area contributed by atoms with E-state index >= 15 is 0 Å². The van der Waals surface area contributed by atoms with E-state index in [1.807, 2.05) is 0 Å². The topological polar surface area (TPSA) is 49.8 Å². The fourth-order valence-corrected chi connectivity index (χ4v) is 1.28. The number of nitrogens with one attached hydrogen (secondary N) is 2. The zero-order valence-corrected chi connectivity index (χ0v) is 9.04. The Morgan fingerprint density at radius 3 is 2.71 bits per heavy atom. The fraction of sp³-hybridized carbons (Fsp3) is 0.0909. The molecule has 0 spiro atoms. The number of rotatable bonds is 3. The Morgan fingerprint density at radius 2 is 2.00 bits per heavy atom. The highest BCUT2D eigenvalue weighted by Crippen LogP contribution is 2.19. The van der Waals surface area contributed by atoms with Crippen LogP contribution in [0.2, 0.25) is 0 Å². The number of halogens is 2. The Labute approximate surface area is 96.7 Å². The standard InChI is InChI=1S/C11H10F2N4/c1-14-11-15-5-4-10(17-11)16-9-3-2-7(12)6-8(9)13/h2-6H,1H3,(H2,14,15,16,17). The first-order valence-corrected chi connectivity index (χ1v) is 4.92. The SMILES string of the molecule is CNc1nccc(Nc2ccc(F)cc2F)n1.